The monoisotopic (exact) mass is 385 g/mol. The van der Waals surface area contributed by atoms with E-state index in [1.165, 1.54) is 12.1 Å². The van der Waals surface area contributed by atoms with Crippen LogP contribution in [0.3, 0.4) is 0 Å². The molecule has 0 aliphatic heterocycles. The molecule has 0 unspecified atom stereocenters. The van der Waals surface area contributed by atoms with Crippen molar-refractivity contribution in [1.82, 2.24) is 9.88 Å². The largest absolute Gasteiger partial charge is 0.308 e. The highest BCUT2D eigenvalue weighted by atomic mass is 32.1. The summed E-state index contributed by atoms with van der Waals surface area (Å²) in [7, 11) is 3.96. The highest BCUT2D eigenvalue weighted by molar-refractivity contribution is 7.22. The molecule has 2 aromatic carbocycles. The van der Waals surface area contributed by atoms with Crippen molar-refractivity contribution in [2.75, 3.05) is 32.1 Å². The maximum absolute atomic E-state index is 13.1. The molecule has 0 radical (unpaired) electrons. The van der Waals surface area contributed by atoms with Crippen molar-refractivity contribution in [3.8, 4) is 0 Å². The molecule has 0 fully saturated rings. The van der Waals surface area contributed by atoms with E-state index in [-0.39, 0.29) is 18.1 Å². The molecule has 0 atom stereocenters. The Balaban J connectivity index is 1.93. The van der Waals surface area contributed by atoms with Crippen LogP contribution in [0.25, 0.3) is 10.2 Å². The Labute approximate surface area is 163 Å². The summed E-state index contributed by atoms with van der Waals surface area (Å²) < 4.78 is 14.3. The van der Waals surface area contributed by atoms with Gasteiger partial charge >= 0.3 is 0 Å². The Kier molecular flexibility index (Phi) is 5.87. The number of anilines is 1. The Morgan fingerprint density at radius 1 is 1.04 bits per heavy atom. The van der Waals surface area contributed by atoms with Crippen molar-refractivity contribution in [3.63, 3.8) is 0 Å². The van der Waals surface area contributed by atoms with Crippen LogP contribution in [0.1, 0.15) is 16.7 Å². The first-order valence-corrected chi connectivity index (χ1v) is 9.73. The molecule has 0 bridgehead atoms. The van der Waals surface area contributed by atoms with Crippen LogP contribution >= 0.6 is 11.3 Å². The fourth-order valence-corrected chi connectivity index (χ4v) is 4.02. The highest BCUT2D eigenvalue weighted by Crippen LogP contribution is 2.33. The zero-order valence-electron chi connectivity index (χ0n) is 16.1. The normalized spacial score (nSPS) is 11.3. The first-order valence-electron chi connectivity index (χ1n) is 8.91. The number of aromatic nitrogens is 1. The highest BCUT2D eigenvalue weighted by Gasteiger charge is 2.21. The van der Waals surface area contributed by atoms with Crippen molar-refractivity contribution >= 4 is 32.6 Å². The molecule has 3 aromatic rings. The number of rotatable bonds is 6. The lowest BCUT2D eigenvalue weighted by Gasteiger charge is -2.22. The lowest BCUT2D eigenvalue weighted by atomic mass is 10.1. The van der Waals surface area contributed by atoms with Crippen LogP contribution in [0.5, 0.6) is 0 Å². The van der Waals surface area contributed by atoms with Gasteiger partial charge in [0.2, 0.25) is 5.91 Å². The van der Waals surface area contributed by atoms with Gasteiger partial charge in [-0.05, 0) is 56.8 Å². The molecule has 142 valence electrons. The van der Waals surface area contributed by atoms with E-state index in [0.29, 0.717) is 6.54 Å². The van der Waals surface area contributed by atoms with Gasteiger partial charge in [0.25, 0.3) is 0 Å². The Bertz CT molecular complexity index is 911. The second-order valence-electron chi connectivity index (χ2n) is 7.03. The summed E-state index contributed by atoms with van der Waals surface area (Å²) in [6, 6.07) is 10.2. The summed E-state index contributed by atoms with van der Waals surface area (Å²) in [6.07, 6.45) is 0.224. The maximum atomic E-state index is 13.1. The standard InChI is InChI=1S/C21H24FN3OS/c1-14-5-6-15(2)20-19(14)23-21(27-20)25(12-11-24(3)4)18(26)13-16-7-9-17(22)10-8-16/h5-10H,11-13H2,1-4H3. The number of benzene rings is 2. The van der Waals surface area contributed by atoms with Crippen LogP contribution in [-0.2, 0) is 11.2 Å². The van der Waals surface area contributed by atoms with Gasteiger partial charge in [-0.15, -0.1) is 0 Å². The van der Waals surface area contributed by atoms with E-state index in [1.54, 1.807) is 28.4 Å². The van der Waals surface area contributed by atoms with E-state index in [4.69, 9.17) is 4.98 Å². The van der Waals surface area contributed by atoms with E-state index in [9.17, 15) is 9.18 Å². The molecule has 1 heterocycles. The summed E-state index contributed by atoms with van der Waals surface area (Å²) in [6.45, 7) is 5.40. The number of amides is 1. The van der Waals surface area contributed by atoms with Crippen LogP contribution in [0.2, 0.25) is 0 Å². The van der Waals surface area contributed by atoms with Crippen LogP contribution in [-0.4, -0.2) is 43.0 Å². The fraction of sp³-hybridized carbons (Fsp3) is 0.333. The molecule has 27 heavy (non-hydrogen) atoms. The van der Waals surface area contributed by atoms with E-state index < -0.39 is 0 Å². The van der Waals surface area contributed by atoms with Crippen LogP contribution in [0.15, 0.2) is 36.4 Å². The SMILES string of the molecule is Cc1ccc(C)c2sc(N(CCN(C)C)C(=O)Cc3ccc(F)cc3)nc12. The van der Waals surface area contributed by atoms with E-state index in [2.05, 4.69) is 19.1 Å². The number of likely N-dealkylation sites (N-methyl/N-ethyl adjacent to an activating group) is 1. The van der Waals surface area contributed by atoms with Crippen LogP contribution < -0.4 is 4.90 Å². The number of halogens is 1. The smallest absolute Gasteiger partial charge is 0.233 e. The minimum atomic E-state index is -0.298. The van der Waals surface area contributed by atoms with Gasteiger partial charge in [0, 0.05) is 13.1 Å². The number of nitrogens with zero attached hydrogens (tertiary/aromatic N) is 3. The van der Waals surface area contributed by atoms with Gasteiger partial charge in [0.05, 0.1) is 16.6 Å². The predicted molar refractivity (Wildman–Crippen MR) is 110 cm³/mol. The third-order valence-corrected chi connectivity index (χ3v) is 5.72. The average Bonchev–Trinajstić information content (AvgIpc) is 3.06. The number of hydrogen-bond acceptors (Lipinski definition) is 4. The molecule has 0 N–H and O–H groups in total. The first-order chi connectivity index (χ1) is 12.8. The predicted octanol–water partition coefficient (Wildman–Crippen LogP) is 4.19. The summed E-state index contributed by atoms with van der Waals surface area (Å²) in [5, 5.41) is 0.719. The Hall–Kier alpha value is -2.31. The molecule has 0 saturated carbocycles. The molecule has 4 nitrogen and oxygen atoms in total. The van der Waals surface area contributed by atoms with Gasteiger partial charge in [-0.1, -0.05) is 35.6 Å². The van der Waals surface area contributed by atoms with E-state index in [1.807, 2.05) is 25.9 Å². The summed E-state index contributed by atoms with van der Waals surface area (Å²) >= 11 is 1.55. The van der Waals surface area contributed by atoms with Crippen molar-refractivity contribution in [1.29, 1.82) is 0 Å². The van der Waals surface area contributed by atoms with Crippen molar-refractivity contribution in [2.24, 2.45) is 0 Å². The van der Waals surface area contributed by atoms with Gasteiger partial charge in [-0.2, -0.15) is 0 Å². The molecule has 0 spiro atoms. The molecule has 0 aliphatic rings. The lowest BCUT2D eigenvalue weighted by molar-refractivity contribution is -0.118. The number of carbonyl (C=O) groups is 1. The summed E-state index contributed by atoms with van der Waals surface area (Å²) in [4.78, 5) is 21.6. The van der Waals surface area contributed by atoms with E-state index >= 15 is 0 Å². The zero-order chi connectivity index (χ0) is 19.6. The lowest BCUT2D eigenvalue weighted by Crippen LogP contribution is -2.37. The Morgan fingerprint density at radius 3 is 2.33 bits per heavy atom. The fourth-order valence-electron chi connectivity index (χ4n) is 2.86. The second-order valence-corrected chi connectivity index (χ2v) is 8.00. The molecule has 0 aliphatic carbocycles. The van der Waals surface area contributed by atoms with Gasteiger partial charge in [0.15, 0.2) is 5.13 Å². The zero-order valence-corrected chi connectivity index (χ0v) is 16.9. The molecular weight excluding hydrogens is 361 g/mol. The third-order valence-electron chi connectivity index (χ3n) is 4.50. The number of thiazole rings is 1. The molecule has 3 rings (SSSR count). The first kappa shape index (κ1) is 19.5. The topological polar surface area (TPSA) is 36.4 Å². The number of hydrogen-bond donors (Lipinski definition) is 0. The number of fused-ring (bicyclic) bond motifs is 1. The summed E-state index contributed by atoms with van der Waals surface area (Å²) in [5.41, 5.74) is 4.03. The molecule has 1 amide bonds. The van der Waals surface area contributed by atoms with Crippen LogP contribution in [0, 0.1) is 19.7 Å². The Morgan fingerprint density at radius 2 is 1.70 bits per heavy atom. The van der Waals surface area contributed by atoms with Crippen molar-refractivity contribution < 1.29 is 9.18 Å². The molecule has 0 saturated heterocycles. The van der Waals surface area contributed by atoms with Gasteiger partial charge in [-0.25, -0.2) is 9.37 Å². The van der Waals surface area contributed by atoms with Gasteiger partial charge in [-0.3, -0.25) is 9.69 Å². The minimum absolute atomic E-state index is 0.0298. The average molecular weight is 386 g/mol. The third kappa shape index (κ3) is 4.51. The van der Waals surface area contributed by atoms with Crippen LogP contribution in [0.4, 0.5) is 9.52 Å². The van der Waals surface area contributed by atoms with Crippen molar-refractivity contribution in [2.45, 2.75) is 20.3 Å². The molecule has 6 heteroatoms. The second kappa shape index (κ2) is 8.15. The molecular formula is C21H24FN3OS. The van der Waals surface area contributed by atoms with Gasteiger partial charge < -0.3 is 4.90 Å². The van der Waals surface area contributed by atoms with Crippen molar-refractivity contribution in [3.05, 3.63) is 58.9 Å². The minimum Gasteiger partial charge on any atom is -0.308 e. The summed E-state index contributed by atoms with van der Waals surface area (Å²) in [5.74, 6) is -0.328. The number of aryl methyl sites for hydroxylation is 2. The maximum Gasteiger partial charge on any atom is 0.233 e. The molecule has 1 aromatic heterocycles. The number of carbonyl (C=O) groups excluding carboxylic acids is 1. The van der Waals surface area contributed by atoms with E-state index in [0.717, 1.165) is 38.6 Å². The van der Waals surface area contributed by atoms with Gasteiger partial charge in [0.1, 0.15) is 5.82 Å². The quantitative estimate of drug-likeness (QED) is 0.638.